The van der Waals surface area contributed by atoms with Crippen molar-refractivity contribution in [3.05, 3.63) is 234 Å². The van der Waals surface area contributed by atoms with Gasteiger partial charge in [-0.1, -0.05) is 170 Å². The van der Waals surface area contributed by atoms with Gasteiger partial charge in [-0.3, -0.25) is 0 Å². The molecule has 1 atom stereocenters. The molecule has 9 aromatic rings. The number of hydrogen-bond acceptors (Lipinski definition) is 3. The van der Waals surface area contributed by atoms with E-state index in [1.807, 2.05) is 66.7 Å². The van der Waals surface area contributed by atoms with Gasteiger partial charge in [-0.15, -0.1) is 0 Å². The average molecular weight is 740 g/mol. The third kappa shape index (κ3) is 5.29. The average Bonchev–Trinajstić information content (AvgIpc) is 3.59. The molecule has 4 heteroatoms. The highest BCUT2D eigenvalue weighted by atomic mass is 16.5. The molecule has 0 radical (unpaired) electrons. The molecular weight excluding hydrogens is 707 g/mol. The standard InChI is InChI=1S/C54H33N3O/c1-55-42-28-24-36(25-29-42)41-27-31-52-48(33-41)54(46-18-10-11-19-51(46)58-52)45-17-9-8-16-43(45)44-30-26-40(32-47(44)54)35-20-22-38(23-21-35)50-34-49(37-12-4-2-5-13-37)56-53(57-50)39-14-6-3-7-15-39/h2-34H. The largest absolute Gasteiger partial charge is 0.457 e. The molecule has 1 aromatic heterocycles. The van der Waals surface area contributed by atoms with Gasteiger partial charge in [0.25, 0.3) is 0 Å². The van der Waals surface area contributed by atoms with Gasteiger partial charge in [0.05, 0.1) is 23.4 Å². The zero-order valence-corrected chi connectivity index (χ0v) is 31.3. The predicted octanol–water partition coefficient (Wildman–Crippen LogP) is 13.8. The van der Waals surface area contributed by atoms with Crippen molar-refractivity contribution < 1.29 is 4.74 Å². The second-order valence-corrected chi connectivity index (χ2v) is 14.8. The van der Waals surface area contributed by atoms with E-state index in [0.717, 1.165) is 73.0 Å². The summed E-state index contributed by atoms with van der Waals surface area (Å²) in [5.74, 6) is 2.40. The van der Waals surface area contributed by atoms with Crippen LogP contribution in [0.25, 0.3) is 72.1 Å². The highest BCUT2D eigenvalue weighted by Gasteiger charge is 2.51. The van der Waals surface area contributed by atoms with E-state index < -0.39 is 5.41 Å². The number of benzene rings is 8. The van der Waals surface area contributed by atoms with Crippen LogP contribution in [0.2, 0.25) is 0 Å². The Labute approximate surface area is 337 Å². The Balaban J connectivity index is 1.06. The summed E-state index contributed by atoms with van der Waals surface area (Å²) in [5, 5.41) is 0. The molecule has 0 fully saturated rings. The van der Waals surface area contributed by atoms with Crippen LogP contribution in [0.3, 0.4) is 0 Å². The molecule has 270 valence electrons. The summed E-state index contributed by atoms with van der Waals surface area (Å²) < 4.78 is 6.71. The first-order valence-electron chi connectivity index (χ1n) is 19.4. The zero-order chi connectivity index (χ0) is 38.6. The van der Waals surface area contributed by atoms with Crippen molar-refractivity contribution in [1.82, 2.24) is 9.97 Å². The van der Waals surface area contributed by atoms with Gasteiger partial charge in [-0.25, -0.2) is 14.8 Å². The Bertz CT molecular complexity index is 3020. The highest BCUT2D eigenvalue weighted by molar-refractivity contribution is 5.91. The molecule has 11 rings (SSSR count). The van der Waals surface area contributed by atoms with Crippen LogP contribution in [0, 0.1) is 6.57 Å². The molecule has 1 aliphatic heterocycles. The summed E-state index contributed by atoms with van der Waals surface area (Å²) in [6, 6.07) is 69.8. The van der Waals surface area contributed by atoms with Crippen molar-refractivity contribution >= 4 is 5.69 Å². The summed E-state index contributed by atoms with van der Waals surface area (Å²) in [5.41, 5.74) is 16.3. The first-order valence-corrected chi connectivity index (χ1v) is 19.4. The summed E-state index contributed by atoms with van der Waals surface area (Å²) >= 11 is 0. The lowest BCUT2D eigenvalue weighted by molar-refractivity contribution is 0.436. The third-order valence-electron chi connectivity index (χ3n) is 11.6. The fourth-order valence-electron chi connectivity index (χ4n) is 8.89. The Hall–Kier alpha value is -7.87. The van der Waals surface area contributed by atoms with Crippen LogP contribution in [0.1, 0.15) is 22.3 Å². The van der Waals surface area contributed by atoms with Crippen molar-refractivity contribution in [1.29, 1.82) is 0 Å². The van der Waals surface area contributed by atoms with E-state index in [4.69, 9.17) is 21.3 Å². The van der Waals surface area contributed by atoms with Gasteiger partial charge in [-0.05, 0) is 74.8 Å². The van der Waals surface area contributed by atoms with Crippen LogP contribution in [0.5, 0.6) is 11.5 Å². The second kappa shape index (κ2) is 13.4. The first kappa shape index (κ1) is 33.5. The number of ether oxygens (including phenoxy) is 1. The molecular formula is C54H33N3O. The van der Waals surface area contributed by atoms with Gasteiger partial charge in [0.15, 0.2) is 11.5 Å². The molecule has 0 bridgehead atoms. The Morgan fingerprint density at radius 3 is 1.59 bits per heavy atom. The minimum Gasteiger partial charge on any atom is -0.457 e. The van der Waals surface area contributed by atoms with Crippen molar-refractivity contribution in [2.24, 2.45) is 0 Å². The minimum absolute atomic E-state index is 0.624. The number of para-hydroxylation sites is 1. The van der Waals surface area contributed by atoms with E-state index in [1.165, 1.54) is 22.3 Å². The van der Waals surface area contributed by atoms with Crippen molar-refractivity contribution in [3.8, 4) is 78.8 Å². The fraction of sp³-hybridized carbons (Fsp3) is 0.0185. The highest BCUT2D eigenvalue weighted by Crippen LogP contribution is 2.62. The van der Waals surface area contributed by atoms with Gasteiger partial charge >= 0.3 is 0 Å². The molecule has 58 heavy (non-hydrogen) atoms. The summed E-state index contributed by atoms with van der Waals surface area (Å²) in [6.45, 7) is 7.47. The lowest BCUT2D eigenvalue weighted by Gasteiger charge is -2.39. The molecule has 1 spiro atoms. The molecule has 8 aromatic carbocycles. The predicted molar refractivity (Wildman–Crippen MR) is 233 cm³/mol. The Morgan fingerprint density at radius 2 is 0.879 bits per heavy atom. The van der Waals surface area contributed by atoms with E-state index in [2.05, 4.69) is 138 Å². The van der Waals surface area contributed by atoms with Crippen LogP contribution in [-0.4, -0.2) is 9.97 Å². The monoisotopic (exact) mass is 739 g/mol. The molecule has 1 aliphatic carbocycles. The number of rotatable bonds is 5. The third-order valence-corrected chi connectivity index (χ3v) is 11.6. The summed E-state index contributed by atoms with van der Waals surface area (Å²) in [6.07, 6.45) is 0. The fourth-order valence-corrected chi connectivity index (χ4v) is 8.89. The van der Waals surface area contributed by atoms with E-state index in [9.17, 15) is 0 Å². The number of aromatic nitrogens is 2. The maximum absolute atomic E-state index is 7.47. The van der Waals surface area contributed by atoms with E-state index in [1.54, 1.807) is 0 Å². The van der Waals surface area contributed by atoms with Gasteiger partial charge in [0, 0.05) is 27.8 Å². The molecule has 2 aliphatic rings. The van der Waals surface area contributed by atoms with E-state index in [-0.39, 0.29) is 0 Å². The topological polar surface area (TPSA) is 39.4 Å². The van der Waals surface area contributed by atoms with Crippen molar-refractivity contribution in [2.75, 3.05) is 0 Å². The Morgan fingerprint density at radius 1 is 0.379 bits per heavy atom. The van der Waals surface area contributed by atoms with Gasteiger partial charge in [-0.2, -0.15) is 0 Å². The summed E-state index contributed by atoms with van der Waals surface area (Å²) in [4.78, 5) is 13.7. The SMILES string of the molecule is [C-]#[N+]c1ccc(-c2ccc3c(c2)C2(c4ccccc4O3)c3ccccc3-c3ccc(-c4ccc(-c5cc(-c6ccccc6)nc(-c6ccccc6)n5)cc4)cc32)cc1. The van der Waals surface area contributed by atoms with Crippen LogP contribution >= 0.6 is 0 Å². The number of nitrogens with zero attached hydrogens (tertiary/aromatic N) is 3. The maximum Gasteiger partial charge on any atom is 0.187 e. The van der Waals surface area contributed by atoms with Crippen LogP contribution in [0.15, 0.2) is 200 Å². The zero-order valence-electron chi connectivity index (χ0n) is 31.3. The number of hydrogen-bond donors (Lipinski definition) is 0. The van der Waals surface area contributed by atoms with Crippen molar-refractivity contribution in [3.63, 3.8) is 0 Å². The lowest BCUT2D eigenvalue weighted by atomic mass is 9.65. The van der Waals surface area contributed by atoms with E-state index in [0.29, 0.717) is 11.5 Å². The lowest BCUT2D eigenvalue weighted by Crippen LogP contribution is -2.32. The molecule has 0 N–H and O–H groups in total. The maximum atomic E-state index is 7.47. The smallest absolute Gasteiger partial charge is 0.187 e. The van der Waals surface area contributed by atoms with E-state index >= 15 is 0 Å². The molecule has 2 heterocycles. The molecule has 1 unspecified atom stereocenters. The second-order valence-electron chi connectivity index (χ2n) is 14.8. The molecule has 0 saturated carbocycles. The quantitative estimate of drug-likeness (QED) is 0.165. The van der Waals surface area contributed by atoms with Crippen LogP contribution in [0.4, 0.5) is 5.69 Å². The van der Waals surface area contributed by atoms with Gasteiger partial charge in [0.1, 0.15) is 11.5 Å². The van der Waals surface area contributed by atoms with Crippen LogP contribution in [-0.2, 0) is 5.41 Å². The van der Waals surface area contributed by atoms with Crippen molar-refractivity contribution in [2.45, 2.75) is 5.41 Å². The normalized spacial score (nSPS) is 14.4. The Kier molecular flexibility index (Phi) is 7.74. The molecule has 4 nitrogen and oxygen atoms in total. The molecule has 0 amide bonds. The summed E-state index contributed by atoms with van der Waals surface area (Å²) in [7, 11) is 0. The first-order chi connectivity index (χ1) is 28.7. The number of fused-ring (bicyclic) bond motifs is 9. The van der Waals surface area contributed by atoms with Gasteiger partial charge in [0.2, 0.25) is 0 Å². The van der Waals surface area contributed by atoms with Crippen LogP contribution < -0.4 is 4.74 Å². The van der Waals surface area contributed by atoms with Gasteiger partial charge < -0.3 is 4.74 Å². The minimum atomic E-state index is -0.624. The molecule has 0 saturated heterocycles.